The minimum absolute atomic E-state index is 0.258. The number of nitrogens with zero attached hydrogens (tertiary/aromatic N) is 3. The Balaban J connectivity index is 2.33. The second kappa shape index (κ2) is 7.09. The highest BCUT2D eigenvalue weighted by molar-refractivity contribution is 5.85. The minimum Gasteiger partial charge on any atom is -0.409 e. The number of hydrogen-bond acceptors (Lipinski definition) is 4. The molecule has 106 valence electrons. The van der Waals surface area contributed by atoms with Gasteiger partial charge in [0.05, 0.1) is 0 Å². The molecule has 0 spiro atoms. The van der Waals surface area contributed by atoms with E-state index in [1.54, 1.807) is 0 Å². The topological polar surface area (TPSA) is 74.7 Å². The minimum atomic E-state index is -0.258. The second-order valence-electron chi connectivity index (χ2n) is 5.57. The third kappa shape index (κ3) is 5.26. The van der Waals surface area contributed by atoms with Crippen LogP contribution in [0.25, 0.3) is 0 Å². The standard InChI is InChI=1S/C14H24N4O/c1-14(2,13(15)17-19)7-4-10-18(3)11-12-5-8-16-9-6-12/h5-6,8-9,19H,4,7,10-11H2,1-3H3,(H2,15,17). The molecule has 5 nitrogen and oxygen atoms in total. The van der Waals surface area contributed by atoms with Crippen LogP contribution in [0.5, 0.6) is 0 Å². The number of hydrogen-bond donors (Lipinski definition) is 2. The first-order valence-electron chi connectivity index (χ1n) is 6.51. The average Bonchev–Trinajstić information content (AvgIpc) is 2.38. The van der Waals surface area contributed by atoms with Gasteiger partial charge in [0.15, 0.2) is 0 Å². The lowest BCUT2D eigenvalue weighted by Crippen LogP contribution is -2.32. The monoisotopic (exact) mass is 264 g/mol. The summed E-state index contributed by atoms with van der Waals surface area (Å²) in [6.07, 6.45) is 5.52. The Kier molecular flexibility index (Phi) is 5.76. The van der Waals surface area contributed by atoms with Crippen molar-refractivity contribution >= 4 is 5.84 Å². The molecule has 0 fully saturated rings. The van der Waals surface area contributed by atoms with E-state index in [9.17, 15) is 0 Å². The van der Waals surface area contributed by atoms with E-state index in [0.29, 0.717) is 5.84 Å². The van der Waals surface area contributed by atoms with Gasteiger partial charge in [0, 0.05) is 24.4 Å². The quantitative estimate of drug-likeness (QED) is 0.342. The highest BCUT2D eigenvalue weighted by atomic mass is 16.4. The van der Waals surface area contributed by atoms with Crippen molar-refractivity contribution in [1.29, 1.82) is 0 Å². The lowest BCUT2D eigenvalue weighted by Gasteiger charge is -2.24. The van der Waals surface area contributed by atoms with Crippen LogP contribution in [0, 0.1) is 5.41 Å². The predicted octanol–water partition coefficient (Wildman–Crippen LogP) is 2.07. The maximum absolute atomic E-state index is 8.72. The number of rotatable bonds is 7. The lowest BCUT2D eigenvalue weighted by atomic mass is 9.86. The van der Waals surface area contributed by atoms with Gasteiger partial charge in [-0.1, -0.05) is 19.0 Å². The number of aromatic nitrogens is 1. The van der Waals surface area contributed by atoms with Crippen molar-refractivity contribution in [3.63, 3.8) is 0 Å². The zero-order valence-electron chi connectivity index (χ0n) is 12.0. The zero-order chi connectivity index (χ0) is 14.3. The van der Waals surface area contributed by atoms with Gasteiger partial charge in [-0.3, -0.25) is 4.98 Å². The fraction of sp³-hybridized carbons (Fsp3) is 0.571. The molecule has 0 aliphatic heterocycles. The van der Waals surface area contributed by atoms with Crippen molar-refractivity contribution in [3.8, 4) is 0 Å². The molecule has 1 rings (SSSR count). The Morgan fingerprint density at radius 1 is 1.42 bits per heavy atom. The van der Waals surface area contributed by atoms with Crippen LogP contribution < -0.4 is 5.73 Å². The Hall–Kier alpha value is -1.62. The fourth-order valence-electron chi connectivity index (χ4n) is 1.93. The number of oxime groups is 1. The molecular formula is C14H24N4O. The normalized spacial score (nSPS) is 12.9. The SMILES string of the molecule is CN(CCCC(C)(C)C(N)=NO)Cc1ccncc1. The first kappa shape index (κ1) is 15.4. The first-order chi connectivity index (χ1) is 8.95. The molecule has 0 aliphatic rings. The molecule has 0 amide bonds. The fourth-order valence-corrected chi connectivity index (χ4v) is 1.93. The van der Waals surface area contributed by atoms with E-state index in [2.05, 4.69) is 22.1 Å². The molecule has 0 radical (unpaired) electrons. The van der Waals surface area contributed by atoms with E-state index >= 15 is 0 Å². The summed E-state index contributed by atoms with van der Waals surface area (Å²) in [6, 6.07) is 4.05. The van der Waals surface area contributed by atoms with E-state index in [1.807, 2.05) is 38.4 Å². The third-order valence-corrected chi connectivity index (χ3v) is 3.34. The molecule has 0 saturated heterocycles. The summed E-state index contributed by atoms with van der Waals surface area (Å²) in [5.74, 6) is 0.296. The zero-order valence-corrected chi connectivity index (χ0v) is 12.0. The molecule has 0 aromatic carbocycles. The van der Waals surface area contributed by atoms with Crippen molar-refractivity contribution < 1.29 is 5.21 Å². The molecule has 0 bridgehead atoms. The van der Waals surface area contributed by atoms with Crippen LogP contribution in [0.4, 0.5) is 0 Å². The molecule has 1 aromatic heterocycles. The van der Waals surface area contributed by atoms with E-state index in [1.165, 1.54) is 5.56 Å². The van der Waals surface area contributed by atoms with Gasteiger partial charge in [-0.15, -0.1) is 0 Å². The molecular weight excluding hydrogens is 240 g/mol. The van der Waals surface area contributed by atoms with Gasteiger partial charge in [0.2, 0.25) is 0 Å². The Labute approximate surface area is 115 Å². The van der Waals surface area contributed by atoms with Crippen LogP contribution in [0.3, 0.4) is 0 Å². The summed E-state index contributed by atoms with van der Waals surface area (Å²) in [4.78, 5) is 6.27. The van der Waals surface area contributed by atoms with Crippen molar-refractivity contribution in [2.45, 2.75) is 33.2 Å². The predicted molar refractivity (Wildman–Crippen MR) is 77.0 cm³/mol. The van der Waals surface area contributed by atoms with E-state index in [-0.39, 0.29) is 5.41 Å². The summed E-state index contributed by atoms with van der Waals surface area (Å²) in [5, 5.41) is 11.8. The Bertz CT molecular complexity index is 403. The number of pyridine rings is 1. The van der Waals surface area contributed by atoms with Crippen LogP contribution in [-0.4, -0.2) is 34.5 Å². The summed E-state index contributed by atoms with van der Waals surface area (Å²) >= 11 is 0. The van der Waals surface area contributed by atoms with Gasteiger partial charge in [0.1, 0.15) is 5.84 Å². The molecule has 0 saturated carbocycles. The van der Waals surface area contributed by atoms with E-state index in [4.69, 9.17) is 10.9 Å². The summed E-state index contributed by atoms with van der Waals surface area (Å²) in [6.45, 7) is 5.87. The van der Waals surface area contributed by atoms with E-state index in [0.717, 1.165) is 25.9 Å². The highest BCUT2D eigenvalue weighted by Crippen LogP contribution is 2.22. The Morgan fingerprint density at radius 2 is 2.05 bits per heavy atom. The highest BCUT2D eigenvalue weighted by Gasteiger charge is 2.22. The van der Waals surface area contributed by atoms with Crippen LogP contribution in [0.2, 0.25) is 0 Å². The van der Waals surface area contributed by atoms with Crippen LogP contribution in [-0.2, 0) is 6.54 Å². The van der Waals surface area contributed by atoms with Gasteiger partial charge >= 0.3 is 0 Å². The molecule has 1 heterocycles. The van der Waals surface area contributed by atoms with Crippen LogP contribution in [0.15, 0.2) is 29.7 Å². The molecule has 0 atom stereocenters. The molecule has 0 unspecified atom stereocenters. The van der Waals surface area contributed by atoms with E-state index < -0.39 is 0 Å². The molecule has 1 aromatic rings. The largest absolute Gasteiger partial charge is 0.409 e. The summed E-state index contributed by atoms with van der Waals surface area (Å²) in [5.41, 5.74) is 6.67. The molecule has 5 heteroatoms. The summed E-state index contributed by atoms with van der Waals surface area (Å²) < 4.78 is 0. The Morgan fingerprint density at radius 3 is 2.63 bits per heavy atom. The second-order valence-corrected chi connectivity index (χ2v) is 5.57. The van der Waals surface area contributed by atoms with Crippen molar-refractivity contribution in [1.82, 2.24) is 9.88 Å². The van der Waals surface area contributed by atoms with Crippen LogP contribution in [0.1, 0.15) is 32.3 Å². The average molecular weight is 264 g/mol. The lowest BCUT2D eigenvalue weighted by molar-refractivity contribution is 0.287. The van der Waals surface area contributed by atoms with Crippen molar-refractivity contribution in [2.24, 2.45) is 16.3 Å². The number of nitrogens with two attached hydrogens (primary N) is 1. The third-order valence-electron chi connectivity index (χ3n) is 3.34. The molecule has 19 heavy (non-hydrogen) atoms. The van der Waals surface area contributed by atoms with Gasteiger partial charge in [0.25, 0.3) is 0 Å². The van der Waals surface area contributed by atoms with Gasteiger partial charge in [-0.2, -0.15) is 0 Å². The maximum Gasteiger partial charge on any atom is 0.144 e. The smallest absolute Gasteiger partial charge is 0.144 e. The van der Waals surface area contributed by atoms with Gasteiger partial charge in [-0.25, -0.2) is 0 Å². The van der Waals surface area contributed by atoms with Crippen molar-refractivity contribution in [2.75, 3.05) is 13.6 Å². The van der Waals surface area contributed by atoms with Gasteiger partial charge in [-0.05, 0) is 44.1 Å². The van der Waals surface area contributed by atoms with Crippen molar-refractivity contribution in [3.05, 3.63) is 30.1 Å². The maximum atomic E-state index is 8.72. The molecule has 0 aliphatic carbocycles. The van der Waals surface area contributed by atoms with Crippen LogP contribution >= 0.6 is 0 Å². The summed E-state index contributed by atoms with van der Waals surface area (Å²) in [7, 11) is 2.09. The van der Waals surface area contributed by atoms with Gasteiger partial charge < -0.3 is 15.8 Å². The molecule has 3 N–H and O–H groups in total. The number of amidine groups is 1. The first-order valence-corrected chi connectivity index (χ1v) is 6.51.